The molecule has 2 atom stereocenters. The molecule has 0 aliphatic rings. The van der Waals surface area contributed by atoms with Crippen LogP contribution in [0.15, 0.2) is 24.3 Å². The van der Waals surface area contributed by atoms with Crippen molar-refractivity contribution in [2.45, 2.75) is 33.0 Å². The van der Waals surface area contributed by atoms with E-state index in [-0.39, 0.29) is 0 Å². The Morgan fingerprint density at radius 1 is 1.00 bits per heavy atom. The quantitative estimate of drug-likeness (QED) is 0.796. The predicted molar refractivity (Wildman–Crippen MR) is 66.8 cm³/mol. The first kappa shape index (κ1) is 13.0. The molecular weight excluding hydrogens is 202 g/mol. The zero-order chi connectivity index (χ0) is 12.1. The average Bonchev–Trinajstić information content (AvgIpc) is 2.16. The molecular formula is C13H21NO2. The molecule has 1 aromatic carbocycles. The molecule has 0 aliphatic heterocycles. The maximum Gasteiger partial charge on any atom is 0.0687 e. The first-order valence-electron chi connectivity index (χ1n) is 5.67. The fraction of sp³-hybridized carbons (Fsp3) is 0.538. The van der Waals surface area contributed by atoms with Gasteiger partial charge in [0.15, 0.2) is 0 Å². The second-order valence-corrected chi connectivity index (χ2v) is 4.44. The molecule has 0 heterocycles. The SMILES string of the molecule is Cc1ccc(N(CC(C)O)CC(C)O)cc1. The minimum absolute atomic E-state index is 0.403. The van der Waals surface area contributed by atoms with Gasteiger partial charge in [-0.15, -0.1) is 0 Å². The third-order valence-electron chi connectivity index (χ3n) is 2.37. The van der Waals surface area contributed by atoms with Crippen LogP contribution >= 0.6 is 0 Å². The topological polar surface area (TPSA) is 43.7 Å². The van der Waals surface area contributed by atoms with E-state index in [9.17, 15) is 10.2 Å². The van der Waals surface area contributed by atoms with Crippen LogP contribution in [0.2, 0.25) is 0 Å². The first-order valence-corrected chi connectivity index (χ1v) is 5.67. The number of benzene rings is 1. The molecule has 16 heavy (non-hydrogen) atoms. The van der Waals surface area contributed by atoms with Crippen molar-refractivity contribution >= 4 is 5.69 Å². The summed E-state index contributed by atoms with van der Waals surface area (Å²) in [4.78, 5) is 1.99. The molecule has 0 aliphatic carbocycles. The molecule has 0 aromatic heterocycles. The average molecular weight is 223 g/mol. The molecule has 1 aromatic rings. The van der Waals surface area contributed by atoms with Crippen LogP contribution in [-0.4, -0.2) is 35.5 Å². The number of aryl methyl sites for hydroxylation is 1. The second-order valence-electron chi connectivity index (χ2n) is 4.44. The van der Waals surface area contributed by atoms with Crippen molar-refractivity contribution in [3.8, 4) is 0 Å². The highest BCUT2D eigenvalue weighted by Crippen LogP contribution is 2.15. The number of anilines is 1. The van der Waals surface area contributed by atoms with E-state index in [0.717, 1.165) is 5.69 Å². The third-order valence-corrected chi connectivity index (χ3v) is 2.37. The van der Waals surface area contributed by atoms with E-state index in [1.165, 1.54) is 5.56 Å². The van der Waals surface area contributed by atoms with Gasteiger partial charge in [-0.3, -0.25) is 0 Å². The van der Waals surface area contributed by atoms with Crippen LogP contribution in [0.25, 0.3) is 0 Å². The summed E-state index contributed by atoms with van der Waals surface area (Å²) in [6.45, 7) is 6.62. The molecule has 1 rings (SSSR count). The van der Waals surface area contributed by atoms with Crippen molar-refractivity contribution in [3.63, 3.8) is 0 Å². The van der Waals surface area contributed by atoms with Crippen molar-refractivity contribution in [1.29, 1.82) is 0 Å². The van der Waals surface area contributed by atoms with Gasteiger partial charge in [0.25, 0.3) is 0 Å². The van der Waals surface area contributed by atoms with Gasteiger partial charge in [-0.1, -0.05) is 17.7 Å². The molecule has 0 saturated carbocycles. The molecule has 2 N–H and O–H groups in total. The molecule has 0 saturated heterocycles. The lowest BCUT2D eigenvalue weighted by Gasteiger charge is -2.27. The van der Waals surface area contributed by atoms with Crippen LogP contribution in [0.5, 0.6) is 0 Å². The monoisotopic (exact) mass is 223 g/mol. The van der Waals surface area contributed by atoms with Gasteiger partial charge < -0.3 is 15.1 Å². The zero-order valence-electron chi connectivity index (χ0n) is 10.2. The number of aliphatic hydroxyl groups excluding tert-OH is 2. The highest BCUT2D eigenvalue weighted by Gasteiger charge is 2.11. The van der Waals surface area contributed by atoms with Gasteiger partial charge in [-0.2, -0.15) is 0 Å². The Hall–Kier alpha value is -1.06. The molecule has 0 amide bonds. The van der Waals surface area contributed by atoms with Crippen molar-refractivity contribution in [2.75, 3.05) is 18.0 Å². The van der Waals surface area contributed by atoms with Crippen LogP contribution in [0, 0.1) is 6.92 Å². The largest absolute Gasteiger partial charge is 0.392 e. The van der Waals surface area contributed by atoms with E-state index in [0.29, 0.717) is 13.1 Å². The smallest absolute Gasteiger partial charge is 0.0687 e. The number of hydrogen-bond acceptors (Lipinski definition) is 3. The van der Waals surface area contributed by atoms with Crippen LogP contribution in [-0.2, 0) is 0 Å². The van der Waals surface area contributed by atoms with Gasteiger partial charge in [0.1, 0.15) is 0 Å². The predicted octanol–water partition coefficient (Wildman–Crippen LogP) is 1.56. The van der Waals surface area contributed by atoms with Crippen LogP contribution in [0.3, 0.4) is 0 Å². The van der Waals surface area contributed by atoms with E-state index in [4.69, 9.17) is 0 Å². The van der Waals surface area contributed by atoms with Crippen LogP contribution in [0.4, 0.5) is 5.69 Å². The van der Waals surface area contributed by atoms with Crippen molar-refractivity contribution in [2.24, 2.45) is 0 Å². The lowest BCUT2D eigenvalue weighted by Crippen LogP contribution is -2.36. The van der Waals surface area contributed by atoms with Crippen molar-refractivity contribution < 1.29 is 10.2 Å². The summed E-state index contributed by atoms with van der Waals surface area (Å²) < 4.78 is 0. The fourth-order valence-corrected chi connectivity index (χ4v) is 1.68. The Bertz CT molecular complexity index is 296. The Morgan fingerprint density at radius 3 is 1.81 bits per heavy atom. The van der Waals surface area contributed by atoms with Crippen LogP contribution < -0.4 is 4.90 Å². The fourth-order valence-electron chi connectivity index (χ4n) is 1.68. The summed E-state index contributed by atoms with van der Waals surface area (Å²) in [5, 5.41) is 18.9. The number of hydrogen-bond donors (Lipinski definition) is 2. The van der Waals surface area contributed by atoms with Crippen molar-refractivity contribution in [3.05, 3.63) is 29.8 Å². The highest BCUT2D eigenvalue weighted by molar-refractivity contribution is 5.47. The van der Waals surface area contributed by atoms with Gasteiger partial charge in [-0.25, -0.2) is 0 Å². The minimum Gasteiger partial charge on any atom is -0.392 e. The number of aliphatic hydroxyl groups is 2. The van der Waals surface area contributed by atoms with Crippen molar-refractivity contribution in [1.82, 2.24) is 0 Å². The summed E-state index contributed by atoms with van der Waals surface area (Å²) in [6.07, 6.45) is -0.805. The molecule has 0 spiro atoms. The molecule has 0 fully saturated rings. The zero-order valence-corrected chi connectivity index (χ0v) is 10.2. The second kappa shape index (κ2) is 5.87. The first-order chi connectivity index (χ1) is 7.49. The lowest BCUT2D eigenvalue weighted by molar-refractivity contribution is 0.178. The Morgan fingerprint density at radius 2 is 1.44 bits per heavy atom. The summed E-state index contributed by atoms with van der Waals surface area (Å²) in [5.74, 6) is 0. The molecule has 0 bridgehead atoms. The molecule has 3 heteroatoms. The van der Waals surface area contributed by atoms with Gasteiger partial charge >= 0.3 is 0 Å². The maximum atomic E-state index is 9.43. The van der Waals surface area contributed by atoms with Gasteiger partial charge in [0.2, 0.25) is 0 Å². The summed E-state index contributed by atoms with van der Waals surface area (Å²) in [5.41, 5.74) is 2.24. The van der Waals surface area contributed by atoms with Gasteiger partial charge in [0.05, 0.1) is 12.2 Å². The Balaban J connectivity index is 2.78. The van der Waals surface area contributed by atoms with Crippen LogP contribution in [0.1, 0.15) is 19.4 Å². The molecule has 3 nitrogen and oxygen atoms in total. The Labute approximate surface area is 97.3 Å². The van der Waals surface area contributed by atoms with Gasteiger partial charge in [0, 0.05) is 18.8 Å². The summed E-state index contributed by atoms with van der Waals surface area (Å²) in [7, 11) is 0. The third kappa shape index (κ3) is 4.21. The van der Waals surface area contributed by atoms with E-state index < -0.39 is 12.2 Å². The van der Waals surface area contributed by atoms with E-state index in [1.54, 1.807) is 13.8 Å². The highest BCUT2D eigenvalue weighted by atomic mass is 16.3. The molecule has 90 valence electrons. The van der Waals surface area contributed by atoms with E-state index in [1.807, 2.05) is 36.1 Å². The number of rotatable bonds is 5. The Kier molecular flexibility index (Phi) is 4.77. The summed E-state index contributed by atoms with van der Waals surface area (Å²) in [6, 6.07) is 8.10. The molecule has 2 unspecified atom stereocenters. The summed E-state index contributed by atoms with van der Waals surface area (Å²) >= 11 is 0. The lowest BCUT2D eigenvalue weighted by atomic mass is 10.2. The number of nitrogens with zero attached hydrogens (tertiary/aromatic N) is 1. The van der Waals surface area contributed by atoms with E-state index in [2.05, 4.69) is 0 Å². The normalized spacial score (nSPS) is 14.6. The standard InChI is InChI=1S/C13H21NO2/c1-10-4-6-13(7-5-10)14(8-11(2)15)9-12(3)16/h4-7,11-12,15-16H,8-9H2,1-3H3. The van der Waals surface area contributed by atoms with E-state index >= 15 is 0 Å². The minimum atomic E-state index is -0.403. The molecule has 0 radical (unpaired) electrons. The maximum absolute atomic E-state index is 9.43. The van der Waals surface area contributed by atoms with Gasteiger partial charge in [-0.05, 0) is 32.9 Å².